The third kappa shape index (κ3) is 3.83. The van der Waals surface area contributed by atoms with Gasteiger partial charge in [-0.2, -0.15) is 0 Å². The monoisotopic (exact) mass is 445 g/mol. The predicted molar refractivity (Wildman–Crippen MR) is 124 cm³/mol. The number of ketones is 1. The molecular formula is C24H20ClN5O2. The number of halogens is 1. The first-order valence-corrected chi connectivity index (χ1v) is 10.7. The summed E-state index contributed by atoms with van der Waals surface area (Å²) in [5.41, 5.74) is 8.51. The standard InChI is InChI=1S/C24H20ClN5O2/c25-19-7-2-1-6-17(19)24(32)29-16-5-3-4-15(10-16)21(31)18-12-30(11-14-8-9-14)23-20(18)22(26)27-13-28-23/h1-7,10,12-14H,8-9,11H2,(H,29,32)(H2,26,27,28). The van der Waals surface area contributed by atoms with Gasteiger partial charge in [-0.15, -0.1) is 0 Å². The summed E-state index contributed by atoms with van der Waals surface area (Å²) in [6, 6.07) is 13.6. The Kier molecular flexibility index (Phi) is 5.11. The third-order valence-corrected chi connectivity index (χ3v) is 5.91. The molecule has 0 atom stereocenters. The van der Waals surface area contributed by atoms with E-state index in [1.165, 1.54) is 19.2 Å². The van der Waals surface area contributed by atoms with Crippen molar-refractivity contribution in [2.45, 2.75) is 19.4 Å². The van der Waals surface area contributed by atoms with Gasteiger partial charge in [0.25, 0.3) is 5.91 Å². The van der Waals surface area contributed by atoms with Crippen molar-refractivity contribution < 1.29 is 9.59 Å². The number of benzene rings is 2. The van der Waals surface area contributed by atoms with Crippen LogP contribution < -0.4 is 11.1 Å². The quantitative estimate of drug-likeness (QED) is 0.423. The number of nitrogens with one attached hydrogen (secondary N) is 1. The lowest BCUT2D eigenvalue weighted by atomic mass is 10.0. The first-order chi connectivity index (χ1) is 15.5. The number of hydrogen-bond acceptors (Lipinski definition) is 5. The fraction of sp³-hybridized carbons (Fsp3) is 0.167. The molecule has 1 amide bonds. The van der Waals surface area contributed by atoms with Crippen molar-refractivity contribution >= 4 is 45.8 Å². The van der Waals surface area contributed by atoms with Crippen molar-refractivity contribution in [3.05, 3.63) is 82.8 Å². The number of anilines is 2. The summed E-state index contributed by atoms with van der Waals surface area (Å²) in [6.45, 7) is 0.800. The van der Waals surface area contributed by atoms with Crippen LogP contribution in [0.3, 0.4) is 0 Å². The topological polar surface area (TPSA) is 103 Å². The minimum absolute atomic E-state index is 0.208. The first-order valence-electron chi connectivity index (χ1n) is 10.3. The summed E-state index contributed by atoms with van der Waals surface area (Å²) in [5.74, 6) is 0.322. The van der Waals surface area contributed by atoms with Crippen molar-refractivity contribution in [1.29, 1.82) is 0 Å². The van der Waals surface area contributed by atoms with Crippen LogP contribution in [0.1, 0.15) is 39.1 Å². The van der Waals surface area contributed by atoms with Crippen LogP contribution >= 0.6 is 11.6 Å². The summed E-state index contributed by atoms with van der Waals surface area (Å²) < 4.78 is 1.99. The van der Waals surface area contributed by atoms with Crippen LogP contribution in [-0.2, 0) is 6.54 Å². The third-order valence-electron chi connectivity index (χ3n) is 5.58. The van der Waals surface area contributed by atoms with Gasteiger partial charge in [-0.1, -0.05) is 35.9 Å². The van der Waals surface area contributed by atoms with E-state index >= 15 is 0 Å². The maximum atomic E-state index is 13.4. The van der Waals surface area contributed by atoms with Crippen LogP contribution in [0.4, 0.5) is 11.5 Å². The van der Waals surface area contributed by atoms with Gasteiger partial charge >= 0.3 is 0 Å². The molecule has 1 fully saturated rings. The van der Waals surface area contributed by atoms with E-state index in [2.05, 4.69) is 15.3 Å². The average Bonchev–Trinajstić information content (AvgIpc) is 3.53. The second-order valence-electron chi connectivity index (χ2n) is 7.94. The highest BCUT2D eigenvalue weighted by atomic mass is 35.5. The molecule has 5 rings (SSSR count). The van der Waals surface area contributed by atoms with Crippen LogP contribution in [-0.4, -0.2) is 26.2 Å². The van der Waals surface area contributed by atoms with Gasteiger partial charge in [-0.3, -0.25) is 9.59 Å². The molecular weight excluding hydrogens is 426 g/mol. The summed E-state index contributed by atoms with van der Waals surface area (Å²) in [5, 5.41) is 3.72. The molecule has 0 aliphatic heterocycles. The first kappa shape index (κ1) is 20.2. The number of nitrogens with two attached hydrogens (primary N) is 1. The van der Waals surface area contributed by atoms with Gasteiger partial charge < -0.3 is 15.6 Å². The Morgan fingerprint density at radius 2 is 1.91 bits per heavy atom. The number of nitrogen functional groups attached to an aromatic ring is 1. The van der Waals surface area contributed by atoms with Crippen molar-refractivity contribution in [3.63, 3.8) is 0 Å². The molecule has 0 unspecified atom stereocenters. The minimum atomic E-state index is -0.348. The summed E-state index contributed by atoms with van der Waals surface area (Å²) in [6.07, 6.45) is 5.58. The molecule has 1 aliphatic rings. The Bertz CT molecular complexity index is 1360. The molecule has 7 nitrogen and oxygen atoms in total. The van der Waals surface area contributed by atoms with Crippen molar-refractivity contribution in [1.82, 2.24) is 14.5 Å². The van der Waals surface area contributed by atoms with Crippen molar-refractivity contribution in [2.75, 3.05) is 11.1 Å². The fourth-order valence-corrected chi connectivity index (χ4v) is 4.00. The maximum absolute atomic E-state index is 13.4. The Hall–Kier alpha value is -3.71. The second-order valence-corrected chi connectivity index (χ2v) is 8.35. The molecule has 3 N–H and O–H groups in total. The van der Waals surface area contributed by atoms with Gasteiger partial charge in [-0.25, -0.2) is 9.97 Å². The molecule has 32 heavy (non-hydrogen) atoms. The maximum Gasteiger partial charge on any atom is 0.257 e. The highest BCUT2D eigenvalue weighted by molar-refractivity contribution is 6.34. The van der Waals surface area contributed by atoms with Crippen molar-refractivity contribution in [2.24, 2.45) is 5.92 Å². The Labute approximate surface area is 189 Å². The van der Waals surface area contributed by atoms with Crippen LogP contribution in [0.15, 0.2) is 61.1 Å². The minimum Gasteiger partial charge on any atom is -0.383 e. The Morgan fingerprint density at radius 3 is 2.69 bits per heavy atom. The van der Waals surface area contributed by atoms with E-state index in [1.807, 2.05) is 10.8 Å². The van der Waals surface area contributed by atoms with Gasteiger partial charge in [0.15, 0.2) is 5.78 Å². The second kappa shape index (κ2) is 8.09. The van der Waals surface area contributed by atoms with Gasteiger partial charge in [-0.05, 0) is 43.0 Å². The van der Waals surface area contributed by atoms with Gasteiger partial charge in [0.2, 0.25) is 0 Å². The average molecular weight is 446 g/mol. The smallest absolute Gasteiger partial charge is 0.257 e. The van der Waals surface area contributed by atoms with Crippen LogP contribution in [0.2, 0.25) is 5.02 Å². The fourth-order valence-electron chi connectivity index (χ4n) is 3.77. The SMILES string of the molecule is Nc1ncnc2c1c(C(=O)c1cccc(NC(=O)c3ccccc3Cl)c1)cn2CC1CC1. The molecule has 2 aromatic heterocycles. The number of fused-ring (bicyclic) bond motifs is 1. The molecule has 0 bridgehead atoms. The molecule has 2 aromatic carbocycles. The van der Waals surface area contributed by atoms with E-state index in [4.69, 9.17) is 17.3 Å². The number of aromatic nitrogens is 3. The summed E-state index contributed by atoms with van der Waals surface area (Å²) in [7, 11) is 0. The number of carbonyl (C=O) groups is 2. The normalized spacial score (nSPS) is 13.3. The van der Waals surface area contributed by atoms with Crippen LogP contribution in [0.25, 0.3) is 11.0 Å². The molecule has 0 radical (unpaired) electrons. The lowest BCUT2D eigenvalue weighted by molar-refractivity contribution is 0.102. The zero-order valence-electron chi connectivity index (χ0n) is 17.1. The highest BCUT2D eigenvalue weighted by Gasteiger charge is 2.26. The summed E-state index contributed by atoms with van der Waals surface area (Å²) in [4.78, 5) is 34.5. The Morgan fingerprint density at radius 1 is 1.09 bits per heavy atom. The van der Waals surface area contributed by atoms with Gasteiger partial charge in [0.1, 0.15) is 17.8 Å². The number of rotatable bonds is 6. The molecule has 160 valence electrons. The Balaban J connectivity index is 1.47. The molecule has 2 heterocycles. The number of amides is 1. The van der Waals surface area contributed by atoms with Crippen LogP contribution in [0, 0.1) is 5.92 Å². The molecule has 1 aliphatic carbocycles. The van der Waals surface area contributed by atoms with Crippen LogP contribution in [0.5, 0.6) is 0 Å². The van der Waals surface area contributed by atoms with E-state index in [9.17, 15) is 9.59 Å². The largest absolute Gasteiger partial charge is 0.383 e. The lowest BCUT2D eigenvalue weighted by Gasteiger charge is -2.08. The summed E-state index contributed by atoms with van der Waals surface area (Å²) >= 11 is 6.12. The van der Waals surface area contributed by atoms with E-state index in [0.29, 0.717) is 44.4 Å². The van der Waals surface area contributed by atoms with Crippen molar-refractivity contribution in [3.8, 4) is 0 Å². The number of carbonyl (C=O) groups excluding carboxylic acids is 2. The van der Waals surface area contributed by atoms with E-state index in [1.54, 1.807) is 48.5 Å². The molecule has 4 aromatic rings. The van der Waals surface area contributed by atoms with E-state index < -0.39 is 0 Å². The molecule has 0 spiro atoms. The molecule has 0 saturated heterocycles. The van der Waals surface area contributed by atoms with E-state index in [-0.39, 0.29) is 17.5 Å². The van der Waals surface area contributed by atoms with Gasteiger partial charge in [0, 0.05) is 24.0 Å². The van der Waals surface area contributed by atoms with E-state index in [0.717, 1.165) is 6.54 Å². The lowest BCUT2D eigenvalue weighted by Crippen LogP contribution is -2.13. The number of hydrogen-bond donors (Lipinski definition) is 2. The predicted octanol–water partition coefficient (Wildman–Crippen LogP) is 4.56. The zero-order chi connectivity index (χ0) is 22.2. The highest BCUT2D eigenvalue weighted by Crippen LogP contribution is 2.34. The zero-order valence-corrected chi connectivity index (χ0v) is 17.8. The molecule has 1 saturated carbocycles. The molecule has 8 heteroatoms. The number of nitrogens with zero attached hydrogens (tertiary/aromatic N) is 3. The van der Waals surface area contributed by atoms with Gasteiger partial charge in [0.05, 0.1) is 21.5 Å².